The Morgan fingerprint density at radius 2 is 1.94 bits per heavy atom. The highest BCUT2D eigenvalue weighted by molar-refractivity contribution is 5.79. The second kappa shape index (κ2) is 3.78. The number of rotatable bonds is 2. The first-order valence-electron chi connectivity index (χ1n) is 5.91. The highest BCUT2D eigenvalue weighted by Crippen LogP contribution is 2.37. The van der Waals surface area contributed by atoms with E-state index in [2.05, 4.69) is 23.1 Å². The topological polar surface area (TPSA) is 20.3 Å². The molecule has 1 heterocycles. The number of allylic oxidation sites excluding steroid dienone is 1. The van der Waals surface area contributed by atoms with E-state index in [1.807, 2.05) is 12.1 Å². The predicted molar refractivity (Wildman–Crippen MR) is 64.0 cm³/mol. The van der Waals surface area contributed by atoms with Gasteiger partial charge in [0.2, 0.25) is 0 Å². The van der Waals surface area contributed by atoms with Crippen molar-refractivity contribution in [3.63, 3.8) is 0 Å². The van der Waals surface area contributed by atoms with Gasteiger partial charge < -0.3 is 9.69 Å². The van der Waals surface area contributed by atoms with Crippen LogP contribution in [0.5, 0.6) is 0 Å². The van der Waals surface area contributed by atoms with Crippen molar-refractivity contribution in [3.05, 3.63) is 41.1 Å². The van der Waals surface area contributed by atoms with Gasteiger partial charge in [-0.3, -0.25) is 0 Å². The van der Waals surface area contributed by atoms with Crippen LogP contribution in [0.1, 0.15) is 29.9 Å². The SMILES string of the molecule is O=CC1C(N2CCCC2)=Cc2ccccc21. The van der Waals surface area contributed by atoms with Crippen LogP contribution >= 0.6 is 0 Å². The second-order valence-electron chi connectivity index (χ2n) is 4.51. The Labute approximate surface area is 95.6 Å². The fourth-order valence-electron chi connectivity index (χ4n) is 2.74. The zero-order valence-corrected chi connectivity index (χ0v) is 9.23. The summed E-state index contributed by atoms with van der Waals surface area (Å²) in [7, 11) is 0. The first-order valence-corrected chi connectivity index (χ1v) is 5.91. The molecule has 0 bridgehead atoms. The molecular formula is C14H15NO. The summed E-state index contributed by atoms with van der Waals surface area (Å²) in [5, 5.41) is 0. The summed E-state index contributed by atoms with van der Waals surface area (Å²) in [6.45, 7) is 2.20. The van der Waals surface area contributed by atoms with Gasteiger partial charge in [-0.15, -0.1) is 0 Å². The van der Waals surface area contributed by atoms with Crippen molar-refractivity contribution >= 4 is 12.4 Å². The number of likely N-dealkylation sites (tertiary alicyclic amines) is 1. The number of nitrogens with zero attached hydrogens (tertiary/aromatic N) is 1. The van der Waals surface area contributed by atoms with Crippen molar-refractivity contribution in [2.45, 2.75) is 18.8 Å². The van der Waals surface area contributed by atoms with Gasteiger partial charge in [0.1, 0.15) is 6.29 Å². The summed E-state index contributed by atoms with van der Waals surface area (Å²) < 4.78 is 0. The van der Waals surface area contributed by atoms with E-state index in [9.17, 15) is 4.79 Å². The lowest BCUT2D eigenvalue weighted by Gasteiger charge is -2.22. The average Bonchev–Trinajstić information content (AvgIpc) is 2.95. The first kappa shape index (κ1) is 9.64. The molecule has 1 aliphatic heterocycles. The van der Waals surface area contributed by atoms with Crippen molar-refractivity contribution in [2.75, 3.05) is 13.1 Å². The normalized spacial score (nSPS) is 23.1. The van der Waals surface area contributed by atoms with Crippen molar-refractivity contribution in [2.24, 2.45) is 0 Å². The summed E-state index contributed by atoms with van der Waals surface area (Å²) >= 11 is 0. The fraction of sp³-hybridized carbons (Fsp3) is 0.357. The minimum atomic E-state index is -0.0331. The van der Waals surface area contributed by atoms with Crippen LogP contribution in [0, 0.1) is 0 Å². The van der Waals surface area contributed by atoms with Crippen LogP contribution in [0.4, 0.5) is 0 Å². The summed E-state index contributed by atoms with van der Waals surface area (Å²) in [5.41, 5.74) is 3.58. The highest BCUT2D eigenvalue weighted by atomic mass is 16.1. The van der Waals surface area contributed by atoms with E-state index >= 15 is 0 Å². The summed E-state index contributed by atoms with van der Waals surface area (Å²) in [4.78, 5) is 13.6. The quantitative estimate of drug-likeness (QED) is 0.703. The lowest BCUT2D eigenvalue weighted by Crippen LogP contribution is -2.21. The first-order chi connectivity index (χ1) is 7.90. The molecule has 1 saturated heterocycles. The van der Waals surface area contributed by atoms with Crippen LogP contribution in [0.3, 0.4) is 0 Å². The zero-order valence-electron chi connectivity index (χ0n) is 9.23. The Hall–Kier alpha value is -1.57. The van der Waals surface area contributed by atoms with Gasteiger partial charge in [-0.1, -0.05) is 24.3 Å². The summed E-state index contributed by atoms with van der Waals surface area (Å²) in [5.74, 6) is -0.0331. The largest absolute Gasteiger partial charge is 0.374 e. The van der Waals surface area contributed by atoms with Gasteiger partial charge in [0.15, 0.2) is 0 Å². The number of carbonyl (C=O) groups excluding carboxylic acids is 1. The monoisotopic (exact) mass is 213 g/mol. The van der Waals surface area contributed by atoms with Crippen molar-refractivity contribution in [3.8, 4) is 0 Å². The number of benzene rings is 1. The second-order valence-corrected chi connectivity index (χ2v) is 4.51. The minimum Gasteiger partial charge on any atom is -0.374 e. The average molecular weight is 213 g/mol. The van der Waals surface area contributed by atoms with E-state index < -0.39 is 0 Å². The van der Waals surface area contributed by atoms with E-state index in [1.165, 1.54) is 29.7 Å². The molecule has 3 rings (SSSR count). The molecule has 82 valence electrons. The van der Waals surface area contributed by atoms with Gasteiger partial charge >= 0.3 is 0 Å². The maximum Gasteiger partial charge on any atom is 0.133 e. The van der Waals surface area contributed by atoms with Gasteiger partial charge in [0, 0.05) is 18.8 Å². The molecule has 2 nitrogen and oxygen atoms in total. The van der Waals surface area contributed by atoms with E-state index in [0.717, 1.165) is 19.4 Å². The molecule has 0 saturated carbocycles. The van der Waals surface area contributed by atoms with Crippen LogP contribution in [0.25, 0.3) is 6.08 Å². The molecule has 1 aliphatic carbocycles. The molecule has 0 aromatic heterocycles. The zero-order chi connectivity index (χ0) is 11.0. The van der Waals surface area contributed by atoms with Crippen LogP contribution < -0.4 is 0 Å². The van der Waals surface area contributed by atoms with Crippen molar-refractivity contribution < 1.29 is 4.79 Å². The maximum atomic E-state index is 11.3. The highest BCUT2D eigenvalue weighted by Gasteiger charge is 2.29. The number of carbonyl (C=O) groups is 1. The van der Waals surface area contributed by atoms with E-state index in [0.29, 0.717) is 0 Å². The number of aldehydes is 1. The third-order valence-electron chi connectivity index (χ3n) is 3.56. The fourth-order valence-corrected chi connectivity index (χ4v) is 2.74. The molecule has 1 fully saturated rings. The Kier molecular flexibility index (Phi) is 2.28. The summed E-state index contributed by atoms with van der Waals surface area (Å²) in [6.07, 6.45) is 5.76. The Bertz CT molecular complexity index is 444. The molecule has 1 aromatic carbocycles. The Morgan fingerprint density at radius 3 is 2.69 bits per heavy atom. The molecule has 0 amide bonds. The Morgan fingerprint density at radius 1 is 1.19 bits per heavy atom. The Balaban J connectivity index is 1.99. The minimum absolute atomic E-state index is 0.0331. The van der Waals surface area contributed by atoms with Crippen molar-refractivity contribution in [1.82, 2.24) is 4.90 Å². The van der Waals surface area contributed by atoms with Crippen LogP contribution in [-0.2, 0) is 4.79 Å². The lowest BCUT2D eigenvalue weighted by molar-refractivity contribution is -0.108. The maximum absolute atomic E-state index is 11.3. The van der Waals surface area contributed by atoms with E-state index in [4.69, 9.17) is 0 Å². The number of fused-ring (bicyclic) bond motifs is 1. The molecule has 1 aromatic rings. The number of hydrogen-bond acceptors (Lipinski definition) is 2. The van der Waals surface area contributed by atoms with Gasteiger partial charge in [0.25, 0.3) is 0 Å². The van der Waals surface area contributed by atoms with Crippen LogP contribution in [0.2, 0.25) is 0 Å². The molecule has 0 N–H and O–H groups in total. The van der Waals surface area contributed by atoms with E-state index in [-0.39, 0.29) is 5.92 Å². The third kappa shape index (κ3) is 1.37. The van der Waals surface area contributed by atoms with Gasteiger partial charge in [0.05, 0.1) is 5.92 Å². The smallest absolute Gasteiger partial charge is 0.133 e. The summed E-state index contributed by atoms with van der Waals surface area (Å²) in [6, 6.07) is 8.20. The predicted octanol–water partition coefficient (Wildman–Crippen LogP) is 2.42. The molecule has 0 spiro atoms. The van der Waals surface area contributed by atoms with Crippen molar-refractivity contribution in [1.29, 1.82) is 0 Å². The molecular weight excluding hydrogens is 198 g/mol. The molecule has 2 heteroatoms. The van der Waals surface area contributed by atoms with Crippen LogP contribution in [-0.4, -0.2) is 24.3 Å². The molecule has 1 atom stereocenters. The van der Waals surface area contributed by atoms with E-state index in [1.54, 1.807) is 0 Å². The van der Waals surface area contributed by atoms with Gasteiger partial charge in [-0.2, -0.15) is 0 Å². The molecule has 2 aliphatic rings. The van der Waals surface area contributed by atoms with Gasteiger partial charge in [-0.05, 0) is 30.0 Å². The molecule has 1 unspecified atom stereocenters. The molecule has 0 radical (unpaired) electrons. The lowest BCUT2D eigenvalue weighted by atomic mass is 10.0. The molecule has 16 heavy (non-hydrogen) atoms. The van der Waals surface area contributed by atoms with Gasteiger partial charge in [-0.25, -0.2) is 0 Å². The van der Waals surface area contributed by atoms with Crippen LogP contribution in [0.15, 0.2) is 30.0 Å². The number of hydrogen-bond donors (Lipinski definition) is 0. The third-order valence-corrected chi connectivity index (χ3v) is 3.56. The standard InChI is InChI=1S/C14H15NO/c16-10-13-12-6-2-1-5-11(12)9-14(13)15-7-3-4-8-15/h1-2,5-6,9-10,13H,3-4,7-8H2.